The standard InChI is InChI=1S/C27H28N2O5/c1-27(2,3)25(32)22-23(20-6-4-5-7-21(20)34-15-14-30)29(26(33)24(22)31)19-10-8-17(9-11-19)18-12-13-28-16-18/h4-13,16,23,28,30-31H,14-15H2,1-3H3. The molecule has 1 atom stereocenters. The minimum atomic E-state index is -0.882. The van der Waals surface area contributed by atoms with E-state index in [1.807, 2.05) is 30.6 Å². The number of hydrogen-bond donors (Lipinski definition) is 3. The Kier molecular flexibility index (Phi) is 6.30. The smallest absolute Gasteiger partial charge is 0.294 e. The average Bonchev–Trinajstić information content (AvgIpc) is 3.44. The fourth-order valence-corrected chi connectivity index (χ4v) is 4.11. The van der Waals surface area contributed by atoms with Crippen LogP contribution in [0.25, 0.3) is 11.1 Å². The van der Waals surface area contributed by atoms with Crippen molar-refractivity contribution in [2.75, 3.05) is 18.1 Å². The van der Waals surface area contributed by atoms with Gasteiger partial charge in [0.25, 0.3) is 5.91 Å². The van der Waals surface area contributed by atoms with Crippen LogP contribution in [0.1, 0.15) is 32.4 Å². The van der Waals surface area contributed by atoms with Crippen LogP contribution in [-0.4, -0.2) is 40.1 Å². The second kappa shape index (κ2) is 9.19. The van der Waals surface area contributed by atoms with E-state index in [1.54, 1.807) is 57.2 Å². The third-order valence-corrected chi connectivity index (χ3v) is 5.77. The maximum absolute atomic E-state index is 13.4. The van der Waals surface area contributed by atoms with Crippen LogP contribution < -0.4 is 9.64 Å². The lowest BCUT2D eigenvalue weighted by molar-refractivity contribution is -0.123. The van der Waals surface area contributed by atoms with Crippen LogP contribution in [-0.2, 0) is 9.59 Å². The van der Waals surface area contributed by atoms with Gasteiger partial charge in [-0.3, -0.25) is 14.5 Å². The van der Waals surface area contributed by atoms with Crippen molar-refractivity contribution in [3.05, 3.63) is 83.9 Å². The van der Waals surface area contributed by atoms with Gasteiger partial charge >= 0.3 is 0 Å². The van der Waals surface area contributed by atoms with Crippen molar-refractivity contribution in [2.24, 2.45) is 5.41 Å². The number of carbonyl (C=O) groups excluding carboxylic acids is 2. The summed E-state index contributed by atoms with van der Waals surface area (Å²) in [6, 6.07) is 15.5. The minimum Gasteiger partial charge on any atom is -0.503 e. The van der Waals surface area contributed by atoms with Gasteiger partial charge in [-0.2, -0.15) is 0 Å². The molecule has 1 aliphatic heterocycles. The number of nitrogens with zero attached hydrogens (tertiary/aromatic N) is 1. The van der Waals surface area contributed by atoms with Crippen LogP contribution >= 0.6 is 0 Å². The molecule has 1 aliphatic rings. The molecule has 34 heavy (non-hydrogen) atoms. The number of nitrogens with one attached hydrogen (secondary N) is 1. The van der Waals surface area contributed by atoms with Gasteiger partial charge in [-0.25, -0.2) is 0 Å². The SMILES string of the molecule is CC(C)(C)C(=O)C1=C(O)C(=O)N(c2ccc(-c3cc[nH]c3)cc2)C1c1ccccc1OCCO. The minimum absolute atomic E-state index is 0.0345. The summed E-state index contributed by atoms with van der Waals surface area (Å²) in [6.07, 6.45) is 3.71. The van der Waals surface area contributed by atoms with Gasteiger partial charge in [-0.05, 0) is 35.4 Å². The quantitative estimate of drug-likeness (QED) is 0.479. The molecular formula is C27H28N2O5. The molecule has 0 bridgehead atoms. The largest absolute Gasteiger partial charge is 0.503 e. The topological polar surface area (TPSA) is 103 Å². The number of rotatable bonds is 7. The molecule has 3 aromatic rings. The van der Waals surface area contributed by atoms with E-state index in [0.29, 0.717) is 17.0 Å². The lowest BCUT2D eigenvalue weighted by Crippen LogP contribution is -2.33. The number of aromatic amines is 1. The fourth-order valence-electron chi connectivity index (χ4n) is 4.11. The number of para-hydroxylation sites is 1. The van der Waals surface area contributed by atoms with Crippen molar-refractivity contribution in [3.63, 3.8) is 0 Å². The van der Waals surface area contributed by atoms with Gasteiger partial charge in [0.2, 0.25) is 0 Å². The number of H-pyrrole nitrogens is 1. The van der Waals surface area contributed by atoms with Crippen LogP contribution in [0.4, 0.5) is 5.69 Å². The third-order valence-electron chi connectivity index (χ3n) is 5.77. The van der Waals surface area contributed by atoms with Gasteiger partial charge in [-0.1, -0.05) is 51.1 Å². The molecule has 176 valence electrons. The summed E-state index contributed by atoms with van der Waals surface area (Å²) < 4.78 is 5.73. The number of benzene rings is 2. The third kappa shape index (κ3) is 4.22. The first kappa shape index (κ1) is 23.3. The van der Waals surface area contributed by atoms with E-state index < -0.39 is 23.1 Å². The van der Waals surface area contributed by atoms with E-state index in [-0.39, 0.29) is 24.6 Å². The number of amides is 1. The van der Waals surface area contributed by atoms with E-state index in [2.05, 4.69) is 4.98 Å². The second-order valence-electron chi connectivity index (χ2n) is 9.18. The molecular weight excluding hydrogens is 432 g/mol. The highest BCUT2D eigenvalue weighted by Gasteiger charge is 2.47. The Hall–Kier alpha value is -3.84. The van der Waals surface area contributed by atoms with Gasteiger partial charge in [-0.15, -0.1) is 0 Å². The number of hydrogen-bond acceptors (Lipinski definition) is 5. The molecule has 0 saturated heterocycles. The number of ether oxygens (including phenoxy) is 1. The van der Waals surface area contributed by atoms with Crippen molar-refractivity contribution in [2.45, 2.75) is 26.8 Å². The summed E-state index contributed by atoms with van der Waals surface area (Å²) in [5, 5.41) is 20.2. The molecule has 0 saturated carbocycles. The van der Waals surface area contributed by atoms with E-state index in [1.165, 1.54) is 4.90 Å². The predicted molar refractivity (Wildman–Crippen MR) is 130 cm³/mol. The van der Waals surface area contributed by atoms with Crippen LogP contribution in [0.5, 0.6) is 5.75 Å². The highest BCUT2D eigenvalue weighted by Crippen LogP contribution is 2.46. The predicted octanol–water partition coefficient (Wildman–Crippen LogP) is 4.57. The molecule has 0 aliphatic carbocycles. The summed E-state index contributed by atoms with van der Waals surface area (Å²) in [5.41, 5.74) is 2.26. The zero-order chi connectivity index (χ0) is 24.5. The van der Waals surface area contributed by atoms with Crippen molar-refractivity contribution >= 4 is 17.4 Å². The normalized spacial score (nSPS) is 16.3. The Labute approximate surface area is 198 Å². The van der Waals surface area contributed by atoms with E-state index in [4.69, 9.17) is 4.74 Å². The molecule has 7 nitrogen and oxygen atoms in total. The molecule has 1 unspecified atom stereocenters. The molecule has 0 radical (unpaired) electrons. The number of aromatic nitrogens is 1. The molecule has 1 aromatic heterocycles. The first-order valence-corrected chi connectivity index (χ1v) is 11.1. The Balaban J connectivity index is 1.84. The van der Waals surface area contributed by atoms with Gasteiger partial charge in [0.1, 0.15) is 12.4 Å². The van der Waals surface area contributed by atoms with Crippen LogP contribution in [0, 0.1) is 5.41 Å². The number of Topliss-reactive ketones (excluding diaryl/α,β-unsaturated/α-hetero) is 1. The van der Waals surface area contributed by atoms with Gasteiger partial charge in [0, 0.05) is 29.1 Å². The van der Waals surface area contributed by atoms with Gasteiger partial charge in [0.05, 0.1) is 18.2 Å². The van der Waals surface area contributed by atoms with Crippen molar-refractivity contribution in [1.82, 2.24) is 4.98 Å². The lowest BCUT2D eigenvalue weighted by Gasteiger charge is -2.30. The summed E-state index contributed by atoms with van der Waals surface area (Å²) in [7, 11) is 0. The monoisotopic (exact) mass is 460 g/mol. The molecule has 0 spiro atoms. The maximum Gasteiger partial charge on any atom is 0.294 e. The van der Waals surface area contributed by atoms with Crippen molar-refractivity contribution < 1.29 is 24.5 Å². The summed E-state index contributed by atoms with van der Waals surface area (Å²) >= 11 is 0. The highest BCUT2D eigenvalue weighted by molar-refractivity contribution is 6.17. The van der Waals surface area contributed by atoms with Crippen LogP contribution in [0.15, 0.2) is 78.3 Å². The molecule has 0 fully saturated rings. The van der Waals surface area contributed by atoms with Crippen molar-refractivity contribution in [3.8, 4) is 16.9 Å². The molecule has 2 aromatic carbocycles. The number of aliphatic hydroxyl groups excluding tert-OH is 2. The number of carbonyl (C=O) groups is 2. The van der Waals surface area contributed by atoms with Gasteiger partial charge < -0.3 is 19.9 Å². The fraction of sp³-hybridized carbons (Fsp3) is 0.259. The summed E-state index contributed by atoms with van der Waals surface area (Å²) in [4.78, 5) is 31.2. The molecule has 2 heterocycles. The Morgan fingerprint density at radius 3 is 2.38 bits per heavy atom. The summed E-state index contributed by atoms with van der Waals surface area (Å²) in [6.45, 7) is 5.12. The number of anilines is 1. The molecule has 7 heteroatoms. The lowest BCUT2D eigenvalue weighted by atomic mass is 9.82. The van der Waals surface area contributed by atoms with E-state index in [9.17, 15) is 19.8 Å². The van der Waals surface area contributed by atoms with Crippen LogP contribution in [0.2, 0.25) is 0 Å². The molecule has 1 amide bonds. The zero-order valence-corrected chi connectivity index (χ0v) is 19.4. The highest BCUT2D eigenvalue weighted by atomic mass is 16.5. The van der Waals surface area contributed by atoms with Crippen LogP contribution in [0.3, 0.4) is 0 Å². The zero-order valence-electron chi connectivity index (χ0n) is 19.4. The summed E-state index contributed by atoms with van der Waals surface area (Å²) in [5.74, 6) is -1.11. The molecule has 4 rings (SSSR count). The maximum atomic E-state index is 13.4. The van der Waals surface area contributed by atoms with Crippen molar-refractivity contribution in [1.29, 1.82) is 0 Å². The number of aliphatic hydroxyl groups is 2. The number of ketones is 1. The Morgan fingerprint density at radius 2 is 1.76 bits per heavy atom. The second-order valence-corrected chi connectivity index (χ2v) is 9.18. The first-order valence-electron chi connectivity index (χ1n) is 11.1. The molecule has 3 N–H and O–H groups in total. The Bertz CT molecular complexity index is 1220. The van der Waals surface area contributed by atoms with E-state index in [0.717, 1.165) is 11.1 Å². The van der Waals surface area contributed by atoms with Gasteiger partial charge in [0.15, 0.2) is 11.5 Å². The van der Waals surface area contributed by atoms with E-state index >= 15 is 0 Å². The first-order chi connectivity index (χ1) is 16.2. The Morgan fingerprint density at radius 1 is 1.06 bits per heavy atom. The average molecular weight is 461 g/mol.